The number of carboxylic acids is 1. The zero-order chi connectivity index (χ0) is 15.6. The van der Waals surface area contributed by atoms with Crippen LogP contribution in [0.1, 0.15) is 28.4 Å². The highest BCUT2D eigenvalue weighted by molar-refractivity contribution is 5.89. The number of piperidine rings is 1. The number of amides is 1. The topological polar surface area (TPSA) is 136 Å². The number of carbonyl (C=O) groups is 2. The Labute approximate surface area is 120 Å². The number of aromatic carboxylic acids is 1. The monoisotopic (exact) mass is 293 g/mol. The molecule has 112 valence electrons. The van der Waals surface area contributed by atoms with Gasteiger partial charge in [-0.15, -0.1) is 0 Å². The summed E-state index contributed by atoms with van der Waals surface area (Å²) >= 11 is 0. The predicted molar refractivity (Wildman–Crippen MR) is 72.2 cm³/mol. The number of nitrogens with two attached hydrogens (primary N) is 1. The van der Waals surface area contributed by atoms with Gasteiger partial charge in [0.25, 0.3) is 0 Å². The molecule has 21 heavy (non-hydrogen) atoms. The van der Waals surface area contributed by atoms with Gasteiger partial charge in [0.05, 0.1) is 12.1 Å². The van der Waals surface area contributed by atoms with Gasteiger partial charge in [0.1, 0.15) is 5.92 Å². The SMILES string of the molecule is NC(=O)C1CC(c2ccccc2C(=O)O)NCC1[N+](=O)[O-]. The van der Waals surface area contributed by atoms with Crippen LogP contribution in [0.2, 0.25) is 0 Å². The lowest BCUT2D eigenvalue weighted by Crippen LogP contribution is -2.51. The first-order valence-corrected chi connectivity index (χ1v) is 6.40. The Hall–Kier alpha value is -2.48. The summed E-state index contributed by atoms with van der Waals surface area (Å²) in [5.74, 6) is -2.75. The molecular formula is C13H15N3O5. The Balaban J connectivity index is 2.30. The first-order valence-electron chi connectivity index (χ1n) is 6.40. The fourth-order valence-corrected chi connectivity index (χ4v) is 2.66. The Morgan fingerprint density at radius 1 is 1.38 bits per heavy atom. The van der Waals surface area contributed by atoms with E-state index in [2.05, 4.69) is 5.32 Å². The smallest absolute Gasteiger partial charge is 0.336 e. The van der Waals surface area contributed by atoms with Crippen LogP contribution in [0.25, 0.3) is 0 Å². The lowest BCUT2D eigenvalue weighted by molar-refractivity contribution is -0.529. The Kier molecular flexibility index (Phi) is 4.18. The Bertz CT molecular complexity index is 589. The number of nitro groups is 1. The molecular weight excluding hydrogens is 278 g/mol. The summed E-state index contributed by atoms with van der Waals surface area (Å²) in [6.07, 6.45) is 0.102. The largest absolute Gasteiger partial charge is 0.478 e. The third kappa shape index (κ3) is 3.00. The molecule has 0 spiro atoms. The van der Waals surface area contributed by atoms with Crippen molar-refractivity contribution in [3.63, 3.8) is 0 Å². The minimum absolute atomic E-state index is 0.0285. The van der Waals surface area contributed by atoms with Gasteiger partial charge in [-0.1, -0.05) is 18.2 Å². The third-order valence-electron chi connectivity index (χ3n) is 3.73. The van der Waals surface area contributed by atoms with Crippen molar-refractivity contribution in [3.8, 4) is 0 Å². The van der Waals surface area contributed by atoms with E-state index in [1.54, 1.807) is 18.2 Å². The molecule has 3 atom stereocenters. The van der Waals surface area contributed by atoms with Crippen LogP contribution in [-0.4, -0.2) is 34.5 Å². The molecule has 0 radical (unpaired) electrons. The summed E-state index contributed by atoms with van der Waals surface area (Å²) in [5, 5.41) is 23.1. The molecule has 0 aliphatic carbocycles. The van der Waals surface area contributed by atoms with Crippen LogP contribution in [0.4, 0.5) is 0 Å². The van der Waals surface area contributed by atoms with Gasteiger partial charge in [0.2, 0.25) is 11.9 Å². The second kappa shape index (κ2) is 5.88. The second-order valence-corrected chi connectivity index (χ2v) is 4.95. The van der Waals surface area contributed by atoms with Gasteiger partial charge in [-0.05, 0) is 18.1 Å². The average molecular weight is 293 g/mol. The molecule has 8 heteroatoms. The second-order valence-electron chi connectivity index (χ2n) is 4.95. The molecule has 1 aromatic carbocycles. The molecule has 1 aliphatic heterocycles. The maximum Gasteiger partial charge on any atom is 0.336 e. The molecule has 1 aliphatic rings. The fraction of sp³-hybridized carbons (Fsp3) is 0.385. The minimum atomic E-state index is -1.09. The van der Waals surface area contributed by atoms with E-state index in [9.17, 15) is 24.8 Å². The van der Waals surface area contributed by atoms with Crippen LogP contribution in [0, 0.1) is 16.0 Å². The first kappa shape index (κ1) is 14.9. The third-order valence-corrected chi connectivity index (χ3v) is 3.73. The van der Waals surface area contributed by atoms with Crippen molar-refractivity contribution in [2.45, 2.75) is 18.5 Å². The van der Waals surface area contributed by atoms with Crippen LogP contribution < -0.4 is 11.1 Å². The van der Waals surface area contributed by atoms with E-state index in [1.807, 2.05) is 0 Å². The number of rotatable bonds is 4. The minimum Gasteiger partial charge on any atom is -0.478 e. The van der Waals surface area contributed by atoms with Gasteiger partial charge in [-0.3, -0.25) is 14.9 Å². The van der Waals surface area contributed by atoms with Crippen molar-refractivity contribution in [2.24, 2.45) is 11.7 Å². The van der Waals surface area contributed by atoms with Gasteiger partial charge in [-0.2, -0.15) is 0 Å². The number of nitrogens with zero attached hydrogens (tertiary/aromatic N) is 1. The molecule has 0 bridgehead atoms. The van der Waals surface area contributed by atoms with Crippen molar-refractivity contribution in [3.05, 3.63) is 45.5 Å². The van der Waals surface area contributed by atoms with E-state index in [0.717, 1.165) is 0 Å². The molecule has 1 aromatic rings. The summed E-state index contributed by atoms with van der Waals surface area (Å²) in [4.78, 5) is 33.1. The molecule has 3 unspecified atom stereocenters. The van der Waals surface area contributed by atoms with Crippen molar-refractivity contribution in [2.75, 3.05) is 6.54 Å². The molecule has 1 heterocycles. The van der Waals surface area contributed by atoms with Crippen LogP contribution in [0.5, 0.6) is 0 Å². The molecule has 1 fully saturated rings. The normalized spacial score (nSPS) is 25.2. The lowest BCUT2D eigenvalue weighted by atomic mass is 9.84. The Morgan fingerprint density at radius 3 is 2.62 bits per heavy atom. The van der Waals surface area contributed by atoms with Crippen LogP contribution >= 0.6 is 0 Å². The number of hydrogen-bond donors (Lipinski definition) is 3. The number of hydrogen-bond acceptors (Lipinski definition) is 5. The van der Waals surface area contributed by atoms with E-state index in [1.165, 1.54) is 6.07 Å². The standard InChI is InChI=1S/C13H15N3O5/c14-12(17)9-5-10(15-6-11(9)16(20)21)7-3-1-2-4-8(7)13(18)19/h1-4,9-11,15H,5-6H2,(H2,14,17)(H,18,19). The summed E-state index contributed by atoms with van der Waals surface area (Å²) in [6, 6.07) is 4.83. The molecule has 0 saturated carbocycles. The highest BCUT2D eigenvalue weighted by Crippen LogP contribution is 2.30. The van der Waals surface area contributed by atoms with Gasteiger partial charge < -0.3 is 16.2 Å². The summed E-state index contributed by atoms with van der Waals surface area (Å²) in [5.41, 5.74) is 5.85. The van der Waals surface area contributed by atoms with E-state index in [-0.39, 0.29) is 18.5 Å². The first-order chi connectivity index (χ1) is 9.91. The summed E-state index contributed by atoms with van der Waals surface area (Å²) in [7, 11) is 0. The number of benzene rings is 1. The molecule has 0 aromatic heterocycles. The van der Waals surface area contributed by atoms with Crippen molar-refractivity contribution < 1.29 is 19.6 Å². The van der Waals surface area contributed by atoms with Crippen LogP contribution in [0.3, 0.4) is 0 Å². The van der Waals surface area contributed by atoms with Crippen molar-refractivity contribution in [1.82, 2.24) is 5.32 Å². The molecule has 4 N–H and O–H groups in total. The Morgan fingerprint density at radius 2 is 2.05 bits per heavy atom. The highest BCUT2D eigenvalue weighted by Gasteiger charge is 2.42. The number of carboxylic acid groups (broad SMARTS) is 1. The summed E-state index contributed by atoms with van der Waals surface area (Å²) in [6.45, 7) is -0.0285. The van der Waals surface area contributed by atoms with Gasteiger partial charge in [0, 0.05) is 11.0 Å². The molecule has 2 rings (SSSR count). The maximum absolute atomic E-state index is 11.4. The van der Waals surface area contributed by atoms with Crippen molar-refractivity contribution >= 4 is 11.9 Å². The van der Waals surface area contributed by atoms with Crippen LogP contribution in [0.15, 0.2) is 24.3 Å². The zero-order valence-electron chi connectivity index (χ0n) is 11.1. The number of nitrogens with one attached hydrogen (secondary N) is 1. The van der Waals surface area contributed by atoms with Crippen molar-refractivity contribution in [1.29, 1.82) is 0 Å². The maximum atomic E-state index is 11.4. The molecule has 8 nitrogen and oxygen atoms in total. The average Bonchev–Trinajstić information content (AvgIpc) is 2.46. The number of carbonyl (C=O) groups excluding carboxylic acids is 1. The predicted octanol–water partition coefficient (Wildman–Crippen LogP) is 0.166. The number of primary amides is 1. The van der Waals surface area contributed by atoms with E-state index in [4.69, 9.17) is 5.73 Å². The van der Waals surface area contributed by atoms with E-state index in [0.29, 0.717) is 5.56 Å². The van der Waals surface area contributed by atoms with Gasteiger partial charge in [0.15, 0.2) is 0 Å². The van der Waals surface area contributed by atoms with E-state index >= 15 is 0 Å². The highest BCUT2D eigenvalue weighted by atomic mass is 16.6. The van der Waals surface area contributed by atoms with E-state index < -0.39 is 34.8 Å². The quantitative estimate of drug-likeness (QED) is 0.534. The fourth-order valence-electron chi connectivity index (χ4n) is 2.66. The van der Waals surface area contributed by atoms with Gasteiger partial charge in [-0.25, -0.2) is 4.79 Å². The molecule has 1 amide bonds. The summed E-state index contributed by atoms with van der Waals surface area (Å²) < 4.78 is 0. The zero-order valence-corrected chi connectivity index (χ0v) is 11.1. The lowest BCUT2D eigenvalue weighted by Gasteiger charge is -2.31. The molecule has 1 saturated heterocycles. The van der Waals surface area contributed by atoms with Crippen LogP contribution in [-0.2, 0) is 4.79 Å². The van der Waals surface area contributed by atoms with Gasteiger partial charge >= 0.3 is 5.97 Å².